The van der Waals surface area contributed by atoms with Crippen LogP contribution in [-0.2, 0) is 14.8 Å². The number of aryl methyl sites for hydroxylation is 2. The largest absolute Gasteiger partial charge is 0.324 e. The molecule has 146 valence electrons. The van der Waals surface area contributed by atoms with Crippen molar-refractivity contribution in [3.8, 4) is 0 Å². The molecule has 0 saturated heterocycles. The van der Waals surface area contributed by atoms with Crippen molar-refractivity contribution >= 4 is 38.6 Å². The molecule has 3 aromatic rings. The molecule has 0 unspecified atom stereocenters. The van der Waals surface area contributed by atoms with E-state index in [2.05, 4.69) is 5.32 Å². The van der Waals surface area contributed by atoms with E-state index in [1.54, 1.807) is 11.4 Å². The Morgan fingerprint density at radius 3 is 2.25 bits per heavy atom. The van der Waals surface area contributed by atoms with Crippen molar-refractivity contribution in [2.24, 2.45) is 0 Å². The van der Waals surface area contributed by atoms with E-state index in [4.69, 9.17) is 0 Å². The molecule has 2 aromatic carbocycles. The third kappa shape index (κ3) is 4.23. The molecule has 8 heteroatoms. The molecule has 0 aliphatic carbocycles. The van der Waals surface area contributed by atoms with Crippen LogP contribution in [0.25, 0.3) is 0 Å². The van der Waals surface area contributed by atoms with Crippen LogP contribution in [-0.4, -0.2) is 20.9 Å². The minimum atomic E-state index is -3.96. The first-order valence-electron chi connectivity index (χ1n) is 8.47. The third-order valence-electron chi connectivity index (χ3n) is 4.19. The van der Waals surface area contributed by atoms with Gasteiger partial charge in [0.2, 0.25) is 5.91 Å². The van der Waals surface area contributed by atoms with Gasteiger partial charge in [-0.1, -0.05) is 24.3 Å². The summed E-state index contributed by atoms with van der Waals surface area (Å²) < 4.78 is 40.5. The highest BCUT2D eigenvalue weighted by atomic mass is 32.2. The van der Waals surface area contributed by atoms with Gasteiger partial charge in [-0.3, -0.25) is 9.10 Å². The molecule has 1 N–H and O–H groups in total. The van der Waals surface area contributed by atoms with Gasteiger partial charge >= 0.3 is 0 Å². The lowest BCUT2D eigenvalue weighted by atomic mass is 10.1. The van der Waals surface area contributed by atoms with Gasteiger partial charge in [-0.15, -0.1) is 11.3 Å². The first-order valence-corrected chi connectivity index (χ1v) is 10.8. The average Bonchev–Trinajstić information content (AvgIpc) is 3.19. The standard InChI is InChI=1S/C20H19FN2O3S2/c1-14-5-3-6-15(2)20(14)22-18(24)13-23(17-10-8-16(21)9-11-17)28(25,26)19-7-4-12-27-19/h3-12H,13H2,1-2H3,(H,22,24). The minimum absolute atomic E-state index is 0.108. The second kappa shape index (κ2) is 8.12. The Balaban J connectivity index is 1.93. The second-order valence-electron chi connectivity index (χ2n) is 6.24. The summed E-state index contributed by atoms with van der Waals surface area (Å²) in [6.07, 6.45) is 0. The summed E-state index contributed by atoms with van der Waals surface area (Å²) >= 11 is 1.06. The molecule has 0 aliphatic heterocycles. The van der Waals surface area contributed by atoms with Crippen LogP contribution < -0.4 is 9.62 Å². The maximum atomic E-state index is 13.3. The summed E-state index contributed by atoms with van der Waals surface area (Å²) in [4.78, 5) is 12.7. The molecule has 0 bridgehead atoms. The number of para-hydroxylation sites is 1. The first kappa shape index (κ1) is 20.0. The number of hydrogen-bond acceptors (Lipinski definition) is 4. The van der Waals surface area contributed by atoms with Crippen molar-refractivity contribution in [3.63, 3.8) is 0 Å². The summed E-state index contributed by atoms with van der Waals surface area (Å²) in [5.41, 5.74) is 2.62. The van der Waals surface area contributed by atoms with Gasteiger partial charge in [-0.2, -0.15) is 0 Å². The van der Waals surface area contributed by atoms with Crippen molar-refractivity contribution in [1.29, 1.82) is 0 Å². The number of carbonyl (C=O) groups is 1. The van der Waals surface area contributed by atoms with E-state index in [1.807, 2.05) is 32.0 Å². The van der Waals surface area contributed by atoms with Crippen LogP contribution in [0.15, 0.2) is 64.2 Å². The normalized spacial score (nSPS) is 11.2. The summed E-state index contributed by atoms with van der Waals surface area (Å²) in [7, 11) is -3.96. The Morgan fingerprint density at radius 1 is 1.04 bits per heavy atom. The van der Waals surface area contributed by atoms with Crippen LogP contribution in [0.3, 0.4) is 0 Å². The zero-order valence-electron chi connectivity index (χ0n) is 15.3. The van der Waals surface area contributed by atoms with Crippen LogP contribution in [0.2, 0.25) is 0 Å². The molecule has 28 heavy (non-hydrogen) atoms. The Labute approximate surface area is 167 Å². The van der Waals surface area contributed by atoms with Crippen molar-refractivity contribution in [3.05, 3.63) is 76.9 Å². The number of halogens is 1. The number of anilines is 2. The molecule has 0 fully saturated rings. The zero-order chi connectivity index (χ0) is 20.3. The van der Waals surface area contributed by atoms with Gasteiger partial charge < -0.3 is 5.32 Å². The summed E-state index contributed by atoms with van der Waals surface area (Å²) in [6.45, 7) is 3.30. The van der Waals surface area contributed by atoms with E-state index >= 15 is 0 Å². The van der Waals surface area contributed by atoms with Crippen molar-refractivity contribution in [2.75, 3.05) is 16.2 Å². The zero-order valence-corrected chi connectivity index (χ0v) is 17.0. The Morgan fingerprint density at radius 2 is 1.68 bits per heavy atom. The monoisotopic (exact) mass is 418 g/mol. The molecule has 0 atom stereocenters. The van der Waals surface area contributed by atoms with Crippen molar-refractivity contribution in [1.82, 2.24) is 0 Å². The topological polar surface area (TPSA) is 66.5 Å². The van der Waals surface area contributed by atoms with Crippen LogP contribution >= 0.6 is 11.3 Å². The Kier molecular flexibility index (Phi) is 5.81. The lowest BCUT2D eigenvalue weighted by Gasteiger charge is -2.23. The lowest BCUT2D eigenvalue weighted by Crippen LogP contribution is -2.38. The smallest absolute Gasteiger partial charge is 0.274 e. The Hall–Kier alpha value is -2.71. The Bertz CT molecular complexity index is 1060. The van der Waals surface area contributed by atoms with Gasteiger partial charge in [0.1, 0.15) is 16.6 Å². The number of rotatable bonds is 6. The molecule has 0 saturated carbocycles. The highest BCUT2D eigenvalue weighted by Crippen LogP contribution is 2.27. The second-order valence-corrected chi connectivity index (χ2v) is 9.27. The molecule has 5 nitrogen and oxygen atoms in total. The predicted molar refractivity (Wildman–Crippen MR) is 110 cm³/mol. The maximum absolute atomic E-state index is 13.3. The number of nitrogens with one attached hydrogen (secondary N) is 1. The minimum Gasteiger partial charge on any atom is -0.324 e. The van der Waals surface area contributed by atoms with Gasteiger partial charge in [0.15, 0.2) is 0 Å². The van der Waals surface area contributed by atoms with Gasteiger partial charge in [0.25, 0.3) is 10.0 Å². The van der Waals surface area contributed by atoms with E-state index in [1.165, 1.54) is 18.2 Å². The van der Waals surface area contributed by atoms with E-state index in [9.17, 15) is 17.6 Å². The summed E-state index contributed by atoms with van der Waals surface area (Å²) in [6, 6.07) is 13.7. The molecule has 1 heterocycles. The van der Waals surface area contributed by atoms with Gasteiger partial charge in [0, 0.05) is 5.69 Å². The summed E-state index contributed by atoms with van der Waals surface area (Å²) in [5.74, 6) is -0.973. The highest BCUT2D eigenvalue weighted by Gasteiger charge is 2.28. The summed E-state index contributed by atoms with van der Waals surface area (Å²) in [5, 5.41) is 4.44. The van der Waals surface area contributed by atoms with E-state index in [-0.39, 0.29) is 9.90 Å². The molecular weight excluding hydrogens is 399 g/mol. The van der Waals surface area contributed by atoms with Crippen molar-refractivity contribution in [2.45, 2.75) is 18.1 Å². The van der Waals surface area contributed by atoms with E-state index in [0.717, 1.165) is 38.9 Å². The molecule has 1 amide bonds. The van der Waals surface area contributed by atoms with Gasteiger partial charge in [0.05, 0.1) is 5.69 Å². The number of benzene rings is 2. The van der Waals surface area contributed by atoms with E-state index < -0.39 is 28.3 Å². The molecule has 0 radical (unpaired) electrons. The lowest BCUT2D eigenvalue weighted by molar-refractivity contribution is -0.114. The number of thiophene rings is 1. The SMILES string of the molecule is Cc1cccc(C)c1NC(=O)CN(c1ccc(F)cc1)S(=O)(=O)c1cccs1. The highest BCUT2D eigenvalue weighted by molar-refractivity contribution is 7.94. The molecule has 0 spiro atoms. The molecule has 1 aromatic heterocycles. The third-order valence-corrected chi connectivity index (χ3v) is 7.33. The molecule has 0 aliphatic rings. The van der Waals surface area contributed by atoms with Crippen molar-refractivity contribution < 1.29 is 17.6 Å². The molecular formula is C20H19FN2O3S2. The number of sulfonamides is 1. The van der Waals surface area contributed by atoms with Gasteiger partial charge in [-0.25, -0.2) is 12.8 Å². The number of nitrogens with zero attached hydrogens (tertiary/aromatic N) is 1. The quantitative estimate of drug-likeness (QED) is 0.648. The fraction of sp³-hybridized carbons (Fsp3) is 0.150. The van der Waals surface area contributed by atoms with Crippen LogP contribution in [0.1, 0.15) is 11.1 Å². The van der Waals surface area contributed by atoms with Crippen LogP contribution in [0.5, 0.6) is 0 Å². The number of carbonyl (C=O) groups excluding carboxylic acids is 1. The fourth-order valence-electron chi connectivity index (χ4n) is 2.76. The van der Waals surface area contributed by atoms with Crippen LogP contribution in [0.4, 0.5) is 15.8 Å². The van der Waals surface area contributed by atoms with Gasteiger partial charge in [-0.05, 0) is 60.7 Å². The van der Waals surface area contributed by atoms with E-state index in [0.29, 0.717) is 5.69 Å². The fourth-order valence-corrected chi connectivity index (χ4v) is 5.29. The molecule has 3 rings (SSSR count). The first-order chi connectivity index (χ1) is 13.3. The number of amides is 1. The number of hydrogen-bond donors (Lipinski definition) is 1. The predicted octanol–water partition coefficient (Wildman–Crippen LogP) is 4.34. The average molecular weight is 419 g/mol. The maximum Gasteiger partial charge on any atom is 0.274 e. The van der Waals surface area contributed by atoms with Crippen LogP contribution in [0, 0.1) is 19.7 Å².